The summed E-state index contributed by atoms with van der Waals surface area (Å²) in [6, 6.07) is 14.6. The Morgan fingerprint density at radius 2 is 1.86 bits per heavy atom. The van der Waals surface area contributed by atoms with E-state index in [2.05, 4.69) is 14.7 Å². The molecule has 0 bridgehead atoms. The van der Waals surface area contributed by atoms with Crippen molar-refractivity contribution in [3.05, 3.63) is 75.8 Å². The molecule has 1 N–H and O–H groups in total. The SMILES string of the molecule is Cc1ccc(-c2nsc3c(=O)n(CC(=O)Nc4ccc(Cl)cc4)cnc23)cc1. The van der Waals surface area contributed by atoms with E-state index in [1.54, 1.807) is 24.3 Å². The van der Waals surface area contributed by atoms with E-state index in [4.69, 9.17) is 11.6 Å². The van der Waals surface area contributed by atoms with Crippen molar-refractivity contribution in [2.45, 2.75) is 13.5 Å². The fourth-order valence-electron chi connectivity index (χ4n) is 2.76. The summed E-state index contributed by atoms with van der Waals surface area (Å²) in [5.41, 5.74) is 3.60. The number of anilines is 1. The Hall–Kier alpha value is -3.03. The van der Waals surface area contributed by atoms with Gasteiger partial charge in [0.15, 0.2) is 0 Å². The smallest absolute Gasteiger partial charge is 0.273 e. The third-order valence-electron chi connectivity index (χ3n) is 4.22. The number of rotatable bonds is 4. The predicted octanol–water partition coefficient (Wildman–Crippen LogP) is 4.12. The van der Waals surface area contributed by atoms with Crippen molar-refractivity contribution in [3.8, 4) is 11.3 Å². The summed E-state index contributed by atoms with van der Waals surface area (Å²) in [4.78, 5) is 29.4. The fraction of sp³-hybridized carbons (Fsp3) is 0.100. The second-order valence-electron chi connectivity index (χ2n) is 6.31. The first-order valence-corrected chi connectivity index (χ1v) is 9.64. The standard InChI is InChI=1S/C20H15ClN4O2S/c1-12-2-4-13(5-3-12)17-18-19(28-24-17)20(27)25(11-22-18)10-16(26)23-15-8-6-14(21)7-9-15/h2-9,11H,10H2,1H3,(H,23,26). The molecular formula is C20H15ClN4O2S. The van der Waals surface area contributed by atoms with Gasteiger partial charge in [0.2, 0.25) is 5.91 Å². The maximum atomic E-state index is 12.8. The molecule has 0 unspecified atom stereocenters. The molecule has 0 aliphatic carbocycles. The normalized spacial score (nSPS) is 10.9. The number of nitrogens with zero attached hydrogens (tertiary/aromatic N) is 3. The number of benzene rings is 2. The van der Waals surface area contributed by atoms with E-state index in [1.165, 1.54) is 10.9 Å². The zero-order valence-electron chi connectivity index (χ0n) is 14.8. The van der Waals surface area contributed by atoms with Crippen molar-refractivity contribution in [1.82, 2.24) is 13.9 Å². The van der Waals surface area contributed by atoms with Crippen molar-refractivity contribution < 1.29 is 4.79 Å². The van der Waals surface area contributed by atoms with E-state index in [0.29, 0.717) is 26.6 Å². The van der Waals surface area contributed by atoms with Gasteiger partial charge in [0.25, 0.3) is 5.56 Å². The molecule has 2 heterocycles. The van der Waals surface area contributed by atoms with E-state index in [0.717, 1.165) is 22.7 Å². The summed E-state index contributed by atoms with van der Waals surface area (Å²) in [7, 11) is 0. The van der Waals surface area contributed by atoms with Gasteiger partial charge >= 0.3 is 0 Å². The maximum Gasteiger partial charge on any atom is 0.273 e. The summed E-state index contributed by atoms with van der Waals surface area (Å²) < 4.78 is 6.12. The number of carbonyl (C=O) groups excluding carboxylic acids is 1. The fourth-order valence-corrected chi connectivity index (χ4v) is 3.69. The van der Waals surface area contributed by atoms with Crippen molar-refractivity contribution in [1.29, 1.82) is 0 Å². The van der Waals surface area contributed by atoms with Crippen LogP contribution in [-0.2, 0) is 11.3 Å². The molecule has 0 aliphatic heterocycles. The molecule has 0 atom stereocenters. The van der Waals surface area contributed by atoms with Gasteiger partial charge in [0.05, 0.1) is 6.33 Å². The quantitative estimate of drug-likeness (QED) is 0.549. The topological polar surface area (TPSA) is 76.9 Å². The number of aryl methyl sites for hydroxylation is 1. The third-order valence-corrected chi connectivity index (χ3v) is 5.29. The Morgan fingerprint density at radius 3 is 2.57 bits per heavy atom. The Labute approximate surface area is 169 Å². The number of hydrogen-bond donors (Lipinski definition) is 1. The van der Waals surface area contributed by atoms with Crippen LogP contribution in [0.2, 0.25) is 5.02 Å². The van der Waals surface area contributed by atoms with Gasteiger partial charge in [-0.25, -0.2) is 4.98 Å². The van der Waals surface area contributed by atoms with E-state index in [9.17, 15) is 9.59 Å². The highest BCUT2D eigenvalue weighted by molar-refractivity contribution is 7.13. The predicted molar refractivity (Wildman–Crippen MR) is 112 cm³/mol. The first-order chi connectivity index (χ1) is 13.5. The zero-order valence-corrected chi connectivity index (χ0v) is 16.4. The molecule has 0 aliphatic rings. The molecule has 1 amide bonds. The highest BCUT2D eigenvalue weighted by Crippen LogP contribution is 2.27. The molecular weight excluding hydrogens is 396 g/mol. The Bertz CT molecular complexity index is 1210. The minimum Gasteiger partial charge on any atom is -0.325 e. The average Bonchev–Trinajstić information content (AvgIpc) is 3.11. The largest absolute Gasteiger partial charge is 0.325 e. The van der Waals surface area contributed by atoms with Gasteiger partial charge in [-0.2, -0.15) is 4.37 Å². The molecule has 28 heavy (non-hydrogen) atoms. The van der Waals surface area contributed by atoms with Crippen LogP contribution in [0.1, 0.15) is 5.56 Å². The van der Waals surface area contributed by atoms with E-state index in [-0.39, 0.29) is 18.0 Å². The maximum absolute atomic E-state index is 12.8. The third kappa shape index (κ3) is 3.67. The number of nitrogens with one attached hydrogen (secondary N) is 1. The molecule has 4 rings (SSSR count). The molecule has 0 saturated heterocycles. The Morgan fingerprint density at radius 1 is 1.14 bits per heavy atom. The van der Waals surface area contributed by atoms with Gasteiger partial charge in [0, 0.05) is 16.3 Å². The molecule has 2 aromatic heterocycles. The average molecular weight is 411 g/mol. The van der Waals surface area contributed by atoms with Crippen molar-refractivity contribution in [2.24, 2.45) is 0 Å². The van der Waals surface area contributed by atoms with Gasteiger partial charge in [0.1, 0.15) is 22.5 Å². The summed E-state index contributed by atoms with van der Waals surface area (Å²) >= 11 is 6.93. The lowest BCUT2D eigenvalue weighted by molar-refractivity contribution is -0.116. The minimum absolute atomic E-state index is 0.137. The number of hydrogen-bond acceptors (Lipinski definition) is 5. The second kappa shape index (κ2) is 7.53. The molecule has 140 valence electrons. The van der Waals surface area contributed by atoms with Gasteiger partial charge < -0.3 is 5.32 Å². The molecule has 0 spiro atoms. The van der Waals surface area contributed by atoms with Crippen molar-refractivity contribution in [2.75, 3.05) is 5.32 Å². The van der Waals surface area contributed by atoms with Crippen molar-refractivity contribution in [3.63, 3.8) is 0 Å². The number of carbonyl (C=O) groups is 1. The van der Waals surface area contributed by atoms with Crippen LogP contribution in [0.3, 0.4) is 0 Å². The number of amides is 1. The van der Waals surface area contributed by atoms with Gasteiger partial charge in [-0.3, -0.25) is 14.2 Å². The van der Waals surface area contributed by atoms with E-state index in [1.807, 2.05) is 31.2 Å². The summed E-state index contributed by atoms with van der Waals surface area (Å²) in [6.07, 6.45) is 1.39. The lowest BCUT2D eigenvalue weighted by Gasteiger charge is -2.07. The molecule has 0 radical (unpaired) electrons. The summed E-state index contributed by atoms with van der Waals surface area (Å²) in [5, 5.41) is 3.31. The van der Waals surface area contributed by atoms with E-state index < -0.39 is 0 Å². The molecule has 6 nitrogen and oxygen atoms in total. The number of aromatic nitrogens is 3. The molecule has 4 aromatic rings. The second-order valence-corrected chi connectivity index (χ2v) is 7.52. The van der Waals surface area contributed by atoms with Crippen LogP contribution in [0.25, 0.3) is 21.5 Å². The van der Waals surface area contributed by atoms with Crippen LogP contribution in [0.15, 0.2) is 59.7 Å². The molecule has 0 fully saturated rings. The van der Waals surface area contributed by atoms with Gasteiger partial charge in [-0.15, -0.1) is 0 Å². The highest BCUT2D eigenvalue weighted by Gasteiger charge is 2.15. The summed E-state index contributed by atoms with van der Waals surface area (Å²) in [6.45, 7) is 1.87. The van der Waals surface area contributed by atoms with Crippen LogP contribution in [-0.4, -0.2) is 19.8 Å². The molecule has 2 aromatic carbocycles. The highest BCUT2D eigenvalue weighted by atomic mass is 35.5. The lowest BCUT2D eigenvalue weighted by atomic mass is 10.1. The van der Waals surface area contributed by atoms with Gasteiger partial charge in [-0.1, -0.05) is 41.4 Å². The minimum atomic E-state index is -0.325. The monoisotopic (exact) mass is 410 g/mol. The first-order valence-electron chi connectivity index (χ1n) is 8.48. The van der Waals surface area contributed by atoms with Crippen LogP contribution < -0.4 is 10.9 Å². The lowest BCUT2D eigenvalue weighted by Crippen LogP contribution is -2.27. The number of halogens is 1. The zero-order chi connectivity index (χ0) is 19.7. The Kier molecular flexibility index (Phi) is 4.93. The van der Waals surface area contributed by atoms with Crippen LogP contribution in [0.5, 0.6) is 0 Å². The molecule has 8 heteroatoms. The van der Waals surface area contributed by atoms with Crippen LogP contribution >= 0.6 is 23.1 Å². The van der Waals surface area contributed by atoms with Gasteiger partial charge in [-0.05, 0) is 42.7 Å². The van der Waals surface area contributed by atoms with Crippen LogP contribution in [0, 0.1) is 6.92 Å². The van der Waals surface area contributed by atoms with E-state index >= 15 is 0 Å². The Balaban J connectivity index is 1.60. The van der Waals surface area contributed by atoms with Crippen molar-refractivity contribution >= 4 is 44.9 Å². The number of fused-ring (bicyclic) bond motifs is 1. The molecule has 0 saturated carbocycles. The van der Waals surface area contributed by atoms with Crippen LogP contribution in [0.4, 0.5) is 5.69 Å². The first kappa shape index (κ1) is 18.3. The summed E-state index contributed by atoms with van der Waals surface area (Å²) in [5.74, 6) is -0.325.